The Hall–Kier alpha value is -0.780. The van der Waals surface area contributed by atoms with Crippen molar-refractivity contribution in [1.82, 2.24) is 10.6 Å². The Labute approximate surface area is 92.8 Å². The van der Waals surface area contributed by atoms with Crippen LogP contribution in [0.15, 0.2) is 0 Å². The highest BCUT2D eigenvalue weighted by molar-refractivity contribution is 5.80. The van der Waals surface area contributed by atoms with Crippen molar-refractivity contribution in [3.05, 3.63) is 0 Å². The third kappa shape index (κ3) is 6.66. The Morgan fingerprint density at radius 1 is 1.19 bits per heavy atom. The van der Waals surface area contributed by atoms with Gasteiger partial charge in [0.05, 0.1) is 0 Å². The number of carbonyl (C=O) groups excluding carboxylic acids is 1. The number of halogens is 3. The molecule has 0 aromatic carbocycles. The van der Waals surface area contributed by atoms with Gasteiger partial charge in [0.25, 0.3) is 0 Å². The molecular formula is C10H17F3N2O. The Kier molecular flexibility index (Phi) is 5.05. The van der Waals surface area contributed by atoms with Crippen molar-refractivity contribution in [2.24, 2.45) is 5.92 Å². The van der Waals surface area contributed by atoms with Gasteiger partial charge in [0.15, 0.2) is 0 Å². The van der Waals surface area contributed by atoms with Crippen LogP contribution in [0.3, 0.4) is 0 Å². The zero-order valence-corrected chi connectivity index (χ0v) is 9.07. The standard InChI is InChI=1S/C10H17F3N2O/c11-10(12,13)4-1-5-14-6-7-15-9(16)8-2-3-8/h8,14H,1-7H2,(H,15,16). The number of rotatable bonds is 7. The molecule has 3 nitrogen and oxygen atoms in total. The molecule has 0 unspecified atom stereocenters. The van der Waals surface area contributed by atoms with Crippen molar-refractivity contribution < 1.29 is 18.0 Å². The minimum absolute atomic E-state index is 0.0668. The molecule has 0 saturated heterocycles. The number of carbonyl (C=O) groups is 1. The molecule has 2 N–H and O–H groups in total. The van der Waals surface area contributed by atoms with Crippen molar-refractivity contribution in [3.63, 3.8) is 0 Å². The normalized spacial score (nSPS) is 16.2. The lowest BCUT2D eigenvalue weighted by molar-refractivity contribution is -0.135. The summed E-state index contributed by atoms with van der Waals surface area (Å²) in [5.74, 6) is 0.252. The molecule has 0 spiro atoms. The van der Waals surface area contributed by atoms with Crippen molar-refractivity contribution >= 4 is 5.91 Å². The maximum atomic E-state index is 11.7. The molecule has 94 valence electrons. The van der Waals surface area contributed by atoms with E-state index >= 15 is 0 Å². The highest BCUT2D eigenvalue weighted by Gasteiger charge is 2.29. The highest BCUT2D eigenvalue weighted by Crippen LogP contribution is 2.28. The summed E-state index contributed by atoms with van der Waals surface area (Å²) in [6.45, 7) is 1.34. The third-order valence-electron chi connectivity index (χ3n) is 2.36. The molecule has 0 aromatic heterocycles. The summed E-state index contributed by atoms with van der Waals surface area (Å²) in [6.07, 6.45) is -2.81. The van der Waals surface area contributed by atoms with E-state index in [-0.39, 0.29) is 18.2 Å². The molecular weight excluding hydrogens is 221 g/mol. The molecule has 1 amide bonds. The SMILES string of the molecule is O=C(NCCNCCCC(F)(F)F)C1CC1. The van der Waals surface area contributed by atoms with Gasteiger partial charge in [-0.05, 0) is 25.8 Å². The third-order valence-corrected chi connectivity index (χ3v) is 2.36. The zero-order valence-electron chi connectivity index (χ0n) is 9.07. The molecule has 0 radical (unpaired) electrons. The summed E-state index contributed by atoms with van der Waals surface area (Å²) in [5.41, 5.74) is 0. The molecule has 0 heterocycles. The maximum Gasteiger partial charge on any atom is 0.389 e. The van der Waals surface area contributed by atoms with Gasteiger partial charge in [-0.2, -0.15) is 13.2 Å². The second kappa shape index (κ2) is 6.08. The first-order chi connectivity index (χ1) is 7.49. The average molecular weight is 238 g/mol. The van der Waals surface area contributed by atoms with Crippen LogP contribution in [-0.4, -0.2) is 31.7 Å². The lowest BCUT2D eigenvalue weighted by atomic mass is 10.3. The number of alkyl halides is 3. The van der Waals surface area contributed by atoms with E-state index in [1.807, 2.05) is 0 Å². The van der Waals surface area contributed by atoms with Crippen LogP contribution in [0.2, 0.25) is 0 Å². The number of hydrogen-bond acceptors (Lipinski definition) is 2. The zero-order chi connectivity index (χ0) is 12.0. The summed E-state index contributed by atoms with van der Waals surface area (Å²) in [4.78, 5) is 11.1. The molecule has 6 heteroatoms. The maximum absolute atomic E-state index is 11.7. The van der Waals surface area contributed by atoms with Crippen LogP contribution in [0.1, 0.15) is 25.7 Å². The van der Waals surface area contributed by atoms with Gasteiger partial charge in [0.1, 0.15) is 0 Å². The molecule has 1 rings (SSSR count). The van der Waals surface area contributed by atoms with Gasteiger partial charge in [-0.1, -0.05) is 0 Å². The summed E-state index contributed by atoms with van der Waals surface area (Å²) in [7, 11) is 0. The van der Waals surface area contributed by atoms with E-state index in [1.165, 1.54) is 0 Å². The van der Waals surface area contributed by atoms with Crippen LogP contribution in [-0.2, 0) is 4.79 Å². The molecule has 0 aliphatic heterocycles. The van der Waals surface area contributed by atoms with E-state index in [2.05, 4.69) is 10.6 Å². The fourth-order valence-electron chi connectivity index (χ4n) is 1.30. The van der Waals surface area contributed by atoms with Crippen molar-refractivity contribution in [2.45, 2.75) is 31.9 Å². The molecule has 1 saturated carbocycles. The van der Waals surface area contributed by atoms with Crippen LogP contribution in [0, 0.1) is 5.92 Å². The summed E-state index contributed by atoms with van der Waals surface area (Å²) >= 11 is 0. The molecule has 0 bridgehead atoms. The van der Waals surface area contributed by atoms with Gasteiger partial charge in [0, 0.05) is 25.4 Å². The second-order valence-corrected chi connectivity index (χ2v) is 4.03. The fourth-order valence-corrected chi connectivity index (χ4v) is 1.30. The predicted octanol–water partition coefficient (Wildman–Crippen LogP) is 1.44. The van der Waals surface area contributed by atoms with E-state index < -0.39 is 12.6 Å². The van der Waals surface area contributed by atoms with E-state index in [0.29, 0.717) is 19.6 Å². The van der Waals surface area contributed by atoms with Gasteiger partial charge in [-0.15, -0.1) is 0 Å². The Morgan fingerprint density at radius 3 is 2.44 bits per heavy atom. The second-order valence-electron chi connectivity index (χ2n) is 4.03. The first-order valence-electron chi connectivity index (χ1n) is 5.54. The summed E-state index contributed by atoms with van der Waals surface area (Å²) < 4.78 is 35.2. The van der Waals surface area contributed by atoms with Crippen LogP contribution in [0.25, 0.3) is 0 Å². The quantitative estimate of drug-likeness (QED) is 0.659. The van der Waals surface area contributed by atoms with Gasteiger partial charge in [0.2, 0.25) is 5.91 Å². The Balaban J connectivity index is 1.82. The smallest absolute Gasteiger partial charge is 0.355 e. The Morgan fingerprint density at radius 2 is 1.88 bits per heavy atom. The topological polar surface area (TPSA) is 41.1 Å². The van der Waals surface area contributed by atoms with Crippen molar-refractivity contribution in [3.8, 4) is 0 Å². The number of nitrogens with one attached hydrogen (secondary N) is 2. The largest absolute Gasteiger partial charge is 0.389 e. The van der Waals surface area contributed by atoms with Crippen LogP contribution in [0.5, 0.6) is 0 Å². The fraction of sp³-hybridized carbons (Fsp3) is 0.900. The first-order valence-corrected chi connectivity index (χ1v) is 5.54. The highest BCUT2D eigenvalue weighted by atomic mass is 19.4. The molecule has 0 atom stereocenters. The lowest BCUT2D eigenvalue weighted by Gasteiger charge is -2.07. The van der Waals surface area contributed by atoms with Crippen molar-refractivity contribution in [1.29, 1.82) is 0 Å². The monoisotopic (exact) mass is 238 g/mol. The average Bonchev–Trinajstić information content (AvgIpc) is 2.97. The Bertz CT molecular complexity index is 227. The number of amides is 1. The van der Waals surface area contributed by atoms with Crippen LogP contribution in [0.4, 0.5) is 13.2 Å². The minimum Gasteiger partial charge on any atom is -0.355 e. The van der Waals surface area contributed by atoms with E-state index in [9.17, 15) is 18.0 Å². The van der Waals surface area contributed by atoms with Crippen LogP contribution < -0.4 is 10.6 Å². The van der Waals surface area contributed by atoms with E-state index in [1.54, 1.807) is 0 Å². The molecule has 16 heavy (non-hydrogen) atoms. The summed E-state index contributed by atoms with van der Waals surface area (Å²) in [5, 5.41) is 5.59. The van der Waals surface area contributed by atoms with Gasteiger partial charge >= 0.3 is 6.18 Å². The van der Waals surface area contributed by atoms with Gasteiger partial charge in [-0.25, -0.2) is 0 Å². The lowest BCUT2D eigenvalue weighted by Crippen LogP contribution is -2.33. The molecule has 1 fully saturated rings. The van der Waals surface area contributed by atoms with E-state index in [0.717, 1.165) is 12.8 Å². The van der Waals surface area contributed by atoms with Crippen LogP contribution >= 0.6 is 0 Å². The molecule has 1 aliphatic carbocycles. The molecule has 0 aromatic rings. The van der Waals surface area contributed by atoms with Gasteiger partial charge < -0.3 is 10.6 Å². The summed E-state index contributed by atoms with van der Waals surface area (Å²) in [6, 6.07) is 0. The minimum atomic E-state index is -4.07. The first kappa shape index (κ1) is 13.3. The van der Waals surface area contributed by atoms with Crippen molar-refractivity contribution in [2.75, 3.05) is 19.6 Å². The predicted molar refractivity (Wildman–Crippen MR) is 53.9 cm³/mol. The van der Waals surface area contributed by atoms with E-state index in [4.69, 9.17) is 0 Å². The van der Waals surface area contributed by atoms with Gasteiger partial charge in [-0.3, -0.25) is 4.79 Å². The number of hydrogen-bond donors (Lipinski definition) is 2. The molecule has 1 aliphatic rings.